The van der Waals surface area contributed by atoms with Crippen molar-refractivity contribution in [2.75, 3.05) is 26.3 Å². The molecule has 2 amide bonds. The number of aliphatic hydroxyl groups excluding tert-OH is 1. The molecular formula is C34H38N8O5. The van der Waals surface area contributed by atoms with Crippen LogP contribution in [-0.2, 0) is 19.1 Å². The van der Waals surface area contributed by atoms with Crippen LogP contribution >= 0.6 is 0 Å². The van der Waals surface area contributed by atoms with Crippen molar-refractivity contribution in [1.29, 1.82) is 0 Å². The summed E-state index contributed by atoms with van der Waals surface area (Å²) in [5, 5.41) is 15.0. The van der Waals surface area contributed by atoms with Crippen LogP contribution in [0.4, 0.5) is 0 Å². The lowest BCUT2D eigenvalue weighted by Gasteiger charge is -2.23. The molecule has 2 aliphatic heterocycles. The molecule has 244 valence electrons. The number of allylic oxidation sites excluding steroid dienone is 2. The number of aliphatic hydroxyl groups is 1. The number of carbonyl (C=O) groups is 3. The minimum Gasteiger partial charge on any atom is -0.465 e. The van der Waals surface area contributed by atoms with Crippen molar-refractivity contribution >= 4 is 51.3 Å². The van der Waals surface area contributed by atoms with Crippen LogP contribution in [0.15, 0.2) is 82.1 Å². The van der Waals surface area contributed by atoms with Crippen molar-refractivity contribution in [3.8, 4) is 0 Å². The molecule has 2 aliphatic rings. The fourth-order valence-corrected chi connectivity index (χ4v) is 4.58. The van der Waals surface area contributed by atoms with E-state index < -0.39 is 16.8 Å². The minimum absolute atomic E-state index is 0.0125. The van der Waals surface area contributed by atoms with Crippen LogP contribution in [0, 0.1) is 10.8 Å². The van der Waals surface area contributed by atoms with Gasteiger partial charge in [0.05, 0.1) is 64.0 Å². The number of aromatic amines is 2. The molecule has 4 aromatic rings. The fourth-order valence-electron chi connectivity index (χ4n) is 4.58. The molecule has 0 fully saturated rings. The van der Waals surface area contributed by atoms with E-state index in [-0.39, 0.29) is 25.0 Å². The number of hydrogen-bond acceptors (Lipinski definition) is 9. The molecular weight excluding hydrogens is 600 g/mol. The zero-order chi connectivity index (χ0) is 33.8. The van der Waals surface area contributed by atoms with Crippen LogP contribution in [0.1, 0.15) is 46.3 Å². The van der Waals surface area contributed by atoms with E-state index in [2.05, 4.69) is 40.6 Å². The van der Waals surface area contributed by atoms with E-state index in [0.717, 1.165) is 22.1 Å². The predicted molar refractivity (Wildman–Crippen MR) is 179 cm³/mol. The molecule has 0 unspecified atom stereocenters. The molecule has 0 saturated heterocycles. The SMILES string of the molecule is CC(=O)OCC(C)(C)C(=O)NC1=CCN=C1c1nc2ccccc2[nH]1.CC(C)(CO)C(=O)NC1=CCN=C1c1nc2ccccc2[nH]1. The number of nitrogens with zero attached hydrogens (tertiary/aromatic N) is 4. The van der Waals surface area contributed by atoms with Gasteiger partial charge in [-0.3, -0.25) is 24.4 Å². The third-order valence-corrected chi connectivity index (χ3v) is 7.58. The van der Waals surface area contributed by atoms with Crippen molar-refractivity contribution in [2.45, 2.75) is 34.6 Å². The number of ether oxygens (including phenoxy) is 1. The van der Waals surface area contributed by atoms with E-state index >= 15 is 0 Å². The van der Waals surface area contributed by atoms with Crippen LogP contribution < -0.4 is 10.6 Å². The molecule has 6 rings (SSSR count). The number of aliphatic imine (C=N–C) groups is 2. The van der Waals surface area contributed by atoms with E-state index in [1.54, 1.807) is 27.7 Å². The molecule has 47 heavy (non-hydrogen) atoms. The molecule has 2 aromatic heterocycles. The molecule has 0 atom stereocenters. The summed E-state index contributed by atoms with van der Waals surface area (Å²) in [5.74, 6) is 0.346. The number of nitrogens with one attached hydrogen (secondary N) is 4. The maximum Gasteiger partial charge on any atom is 0.302 e. The van der Waals surface area contributed by atoms with Gasteiger partial charge in [-0.15, -0.1) is 0 Å². The number of amides is 2. The summed E-state index contributed by atoms with van der Waals surface area (Å²) in [5.41, 5.74) is 4.33. The Kier molecular flexibility index (Phi) is 9.47. The Morgan fingerprint density at radius 2 is 1.21 bits per heavy atom. The largest absolute Gasteiger partial charge is 0.465 e. The highest BCUT2D eigenvalue weighted by Crippen LogP contribution is 2.21. The second-order valence-corrected chi connectivity index (χ2v) is 12.4. The number of benzene rings is 2. The Bertz CT molecular complexity index is 1890. The van der Waals surface area contributed by atoms with Gasteiger partial charge in [0.15, 0.2) is 11.6 Å². The summed E-state index contributed by atoms with van der Waals surface area (Å²) in [7, 11) is 0. The van der Waals surface area contributed by atoms with Gasteiger partial charge in [-0.2, -0.15) is 0 Å². The Labute approximate surface area is 271 Å². The first-order valence-corrected chi connectivity index (χ1v) is 15.2. The Morgan fingerprint density at radius 1 is 0.766 bits per heavy atom. The number of H-pyrrole nitrogens is 2. The summed E-state index contributed by atoms with van der Waals surface area (Å²) in [6, 6.07) is 15.4. The number of aromatic nitrogens is 4. The third kappa shape index (κ3) is 7.52. The van der Waals surface area contributed by atoms with Gasteiger partial charge in [-0.1, -0.05) is 24.3 Å². The number of carbonyl (C=O) groups excluding carboxylic acids is 3. The number of esters is 1. The van der Waals surface area contributed by atoms with Crippen molar-refractivity contribution < 1.29 is 24.2 Å². The fraction of sp³-hybridized carbons (Fsp3) is 0.324. The van der Waals surface area contributed by atoms with Crippen LogP contribution in [0.25, 0.3) is 22.1 Å². The molecule has 0 saturated carbocycles. The summed E-state index contributed by atoms with van der Waals surface area (Å²) in [6.07, 6.45) is 3.68. The van der Waals surface area contributed by atoms with Crippen molar-refractivity contribution in [2.24, 2.45) is 20.8 Å². The van der Waals surface area contributed by atoms with Gasteiger partial charge in [-0.05, 0) is 64.1 Å². The minimum atomic E-state index is -0.853. The number of rotatable bonds is 9. The molecule has 13 nitrogen and oxygen atoms in total. The van der Waals surface area contributed by atoms with Gasteiger partial charge < -0.3 is 30.4 Å². The van der Waals surface area contributed by atoms with E-state index in [1.165, 1.54) is 6.92 Å². The maximum atomic E-state index is 12.6. The highest BCUT2D eigenvalue weighted by molar-refractivity contribution is 6.15. The molecule has 13 heteroatoms. The standard InChI is InChI=1S/C18H20N4O3.C16H18N4O2/c1-11(23)25-10-18(2,3)17(24)22-14-8-9-19-15(14)16-20-12-6-4-5-7-13(12)21-16;1-16(2,9-21)15(22)20-12-7-8-17-13(12)14-18-10-5-3-4-6-11(10)19-14/h4-8H,9-10H2,1-3H3,(H,20,21)(H,22,24);3-7,21H,8-9H2,1-2H3,(H,18,19)(H,20,22). The number of fused-ring (bicyclic) bond motifs is 2. The topological polar surface area (TPSA) is 187 Å². The number of imidazole rings is 2. The van der Waals surface area contributed by atoms with Crippen LogP contribution in [0.3, 0.4) is 0 Å². The lowest BCUT2D eigenvalue weighted by atomic mass is 9.93. The molecule has 0 spiro atoms. The predicted octanol–water partition coefficient (Wildman–Crippen LogP) is 3.34. The highest BCUT2D eigenvalue weighted by Gasteiger charge is 2.32. The maximum absolute atomic E-state index is 12.6. The van der Waals surface area contributed by atoms with Gasteiger partial charge in [0.1, 0.15) is 18.0 Å². The van der Waals surface area contributed by atoms with Crippen molar-refractivity contribution in [3.63, 3.8) is 0 Å². The van der Waals surface area contributed by atoms with Crippen molar-refractivity contribution in [3.05, 3.63) is 83.7 Å². The lowest BCUT2D eigenvalue weighted by Crippen LogP contribution is -2.41. The monoisotopic (exact) mass is 638 g/mol. The molecule has 5 N–H and O–H groups in total. The Morgan fingerprint density at radius 3 is 1.64 bits per heavy atom. The second-order valence-electron chi connectivity index (χ2n) is 12.4. The molecule has 2 aromatic carbocycles. The van der Waals surface area contributed by atoms with Crippen LogP contribution in [0.2, 0.25) is 0 Å². The van der Waals surface area contributed by atoms with Crippen LogP contribution in [0.5, 0.6) is 0 Å². The first-order valence-electron chi connectivity index (χ1n) is 15.2. The highest BCUT2D eigenvalue weighted by atomic mass is 16.5. The van der Waals surface area contributed by atoms with Gasteiger partial charge in [-0.25, -0.2) is 9.97 Å². The van der Waals surface area contributed by atoms with Gasteiger partial charge >= 0.3 is 5.97 Å². The first kappa shape index (κ1) is 32.9. The van der Waals surface area contributed by atoms with Crippen molar-refractivity contribution in [1.82, 2.24) is 30.6 Å². The molecule has 0 bridgehead atoms. The zero-order valence-electron chi connectivity index (χ0n) is 27.0. The summed E-state index contributed by atoms with van der Waals surface area (Å²) >= 11 is 0. The summed E-state index contributed by atoms with van der Waals surface area (Å²) in [6.45, 7) is 8.92. The average Bonchev–Trinajstić information content (AvgIpc) is 3.85. The van der Waals surface area contributed by atoms with Gasteiger partial charge in [0.25, 0.3) is 0 Å². The smallest absolute Gasteiger partial charge is 0.302 e. The average molecular weight is 639 g/mol. The Hall–Kier alpha value is -5.43. The van der Waals surface area contributed by atoms with Gasteiger partial charge in [0, 0.05) is 6.92 Å². The van der Waals surface area contributed by atoms with E-state index in [4.69, 9.17) is 4.74 Å². The first-order chi connectivity index (χ1) is 22.4. The summed E-state index contributed by atoms with van der Waals surface area (Å²) < 4.78 is 4.98. The normalized spacial score (nSPS) is 14.5. The van der Waals surface area contributed by atoms with Crippen LogP contribution in [-0.4, -0.2) is 80.6 Å². The lowest BCUT2D eigenvalue weighted by molar-refractivity contribution is -0.147. The molecule has 0 radical (unpaired) electrons. The number of hydrogen-bond donors (Lipinski definition) is 5. The van der Waals surface area contributed by atoms with E-state index in [9.17, 15) is 19.5 Å². The van der Waals surface area contributed by atoms with E-state index in [1.807, 2.05) is 60.7 Å². The Balaban J connectivity index is 0.000000186. The second kappa shape index (κ2) is 13.5. The third-order valence-electron chi connectivity index (χ3n) is 7.58. The van der Waals surface area contributed by atoms with Gasteiger partial charge in [0.2, 0.25) is 11.8 Å². The molecule has 4 heterocycles. The zero-order valence-corrected chi connectivity index (χ0v) is 27.0. The molecule has 0 aliphatic carbocycles. The summed E-state index contributed by atoms with van der Waals surface area (Å²) in [4.78, 5) is 60.0. The quantitative estimate of drug-likeness (QED) is 0.174. The number of para-hydroxylation sites is 4. The van der Waals surface area contributed by atoms with E-state index in [0.29, 0.717) is 47.6 Å².